The topological polar surface area (TPSA) is 56.1 Å². The van der Waals surface area contributed by atoms with E-state index in [4.69, 9.17) is 5.26 Å². The van der Waals surface area contributed by atoms with Crippen molar-refractivity contribution in [1.29, 1.82) is 5.26 Å². The van der Waals surface area contributed by atoms with Crippen LogP contribution in [0.1, 0.15) is 36.8 Å². The fourth-order valence-corrected chi connectivity index (χ4v) is 3.61. The Bertz CT molecular complexity index is 596. The van der Waals surface area contributed by atoms with E-state index in [1.54, 1.807) is 12.1 Å². The molecule has 116 valence electrons. The first-order valence-corrected chi connectivity index (χ1v) is 7.88. The third-order valence-electron chi connectivity index (χ3n) is 4.88. The predicted molar refractivity (Wildman–Crippen MR) is 80.4 cm³/mol. The molecule has 2 amide bonds. The van der Waals surface area contributed by atoms with Crippen LogP contribution in [0.4, 0.5) is 9.18 Å². The zero-order chi connectivity index (χ0) is 15.5. The van der Waals surface area contributed by atoms with Crippen LogP contribution < -0.4 is 5.32 Å². The van der Waals surface area contributed by atoms with Crippen molar-refractivity contribution >= 4 is 6.03 Å². The summed E-state index contributed by atoms with van der Waals surface area (Å²) in [5.74, 6) is 0.840. The van der Waals surface area contributed by atoms with Gasteiger partial charge in [-0.1, -0.05) is 18.9 Å². The highest BCUT2D eigenvalue weighted by Crippen LogP contribution is 2.35. The van der Waals surface area contributed by atoms with Gasteiger partial charge in [-0.05, 0) is 36.8 Å². The summed E-state index contributed by atoms with van der Waals surface area (Å²) in [6.45, 7) is 1.81. The molecule has 1 aliphatic heterocycles. The molecule has 0 unspecified atom stereocenters. The highest BCUT2D eigenvalue weighted by atomic mass is 19.1. The van der Waals surface area contributed by atoms with Crippen LogP contribution in [0.25, 0.3) is 0 Å². The van der Waals surface area contributed by atoms with E-state index in [1.807, 2.05) is 11.0 Å². The number of nitrogens with one attached hydrogen (secondary N) is 1. The van der Waals surface area contributed by atoms with E-state index in [9.17, 15) is 9.18 Å². The molecule has 1 aromatic carbocycles. The Morgan fingerprint density at radius 3 is 2.59 bits per heavy atom. The van der Waals surface area contributed by atoms with Gasteiger partial charge in [0.2, 0.25) is 0 Å². The van der Waals surface area contributed by atoms with E-state index in [1.165, 1.54) is 31.7 Å². The second-order valence-electron chi connectivity index (χ2n) is 6.29. The van der Waals surface area contributed by atoms with Crippen LogP contribution in [0.2, 0.25) is 0 Å². The van der Waals surface area contributed by atoms with Gasteiger partial charge >= 0.3 is 6.03 Å². The van der Waals surface area contributed by atoms with E-state index in [0.29, 0.717) is 17.4 Å². The fraction of sp³-hybridized carbons (Fsp3) is 0.529. The number of rotatable bonds is 2. The largest absolute Gasteiger partial charge is 0.334 e. The maximum Gasteiger partial charge on any atom is 0.317 e. The van der Waals surface area contributed by atoms with Crippen LogP contribution >= 0.6 is 0 Å². The molecule has 0 radical (unpaired) electrons. The lowest BCUT2D eigenvalue weighted by Crippen LogP contribution is -2.38. The molecule has 2 aliphatic rings. The van der Waals surface area contributed by atoms with Crippen molar-refractivity contribution in [1.82, 2.24) is 10.2 Å². The molecule has 2 atom stereocenters. The van der Waals surface area contributed by atoms with Crippen molar-refractivity contribution in [2.75, 3.05) is 13.1 Å². The molecule has 22 heavy (non-hydrogen) atoms. The molecule has 0 bridgehead atoms. The number of fused-ring (bicyclic) bond motifs is 1. The summed E-state index contributed by atoms with van der Waals surface area (Å²) in [7, 11) is 0. The maximum atomic E-state index is 13.8. The Hall–Kier alpha value is -2.09. The summed E-state index contributed by atoms with van der Waals surface area (Å²) in [6, 6.07) is 6.10. The van der Waals surface area contributed by atoms with Gasteiger partial charge in [-0.25, -0.2) is 9.18 Å². The molecule has 3 rings (SSSR count). The minimum absolute atomic E-state index is 0.113. The summed E-state index contributed by atoms with van der Waals surface area (Å²) in [5.41, 5.74) is 0.695. The molecule has 1 saturated carbocycles. The molecule has 4 nitrogen and oxygen atoms in total. The highest BCUT2D eigenvalue weighted by Gasteiger charge is 2.36. The van der Waals surface area contributed by atoms with Crippen molar-refractivity contribution < 1.29 is 9.18 Å². The highest BCUT2D eigenvalue weighted by molar-refractivity contribution is 5.74. The number of amides is 2. The normalized spacial score (nSPS) is 23.7. The van der Waals surface area contributed by atoms with Crippen molar-refractivity contribution in [3.63, 3.8) is 0 Å². The first-order valence-electron chi connectivity index (χ1n) is 7.88. The van der Waals surface area contributed by atoms with E-state index in [-0.39, 0.29) is 18.1 Å². The zero-order valence-electron chi connectivity index (χ0n) is 12.5. The zero-order valence-corrected chi connectivity index (χ0v) is 12.5. The number of nitrogens with zero attached hydrogens (tertiary/aromatic N) is 2. The summed E-state index contributed by atoms with van der Waals surface area (Å²) in [6.07, 6.45) is 4.98. The fourth-order valence-electron chi connectivity index (χ4n) is 3.61. The van der Waals surface area contributed by atoms with Gasteiger partial charge in [0, 0.05) is 25.2 Å². The van der Waals surface area contributed by atoms with Crippen LogP contribution in [0.3, 0.4) is 0 Å². The third-order valence-corrected chi connectivity index (χ3v) is 4.88. The summed E-state index contributed by atoms with van der Waals surface area (Å²) >= 11 is 0. The van der Waals surface area contributed by atoms with Gasteiger partial charge in [-0.15, -0.1) is 0 Å². The Kier molecular flexibility index (Phi) is 4.28. The molecule has 2 fully saturated rings. The van der Waals surface area contributed by atoms with Gasteiger partial charge in [-0.3, -0.25) is 0 Å². The molecule has 5 heteroatoms. The minimum Gasteiger partial charge on any atom is -0.334 e. The van der Waals surface area contributed by atoms with Gasteiger partial charge in [-0.2, -0.15) is 5.26 Å². The first kappa shape index (κ1) is 14.8. The molecule has 1 aliphatic carbocycles. The van der Waals surface area contributed by atoms with Crippen molar-refractivity contribution in [3.8, 4) is 6.07 Å². The smallest absolute Gasteiger partial charge is 0.317 e. The number of carbonyl (C=O) groups excluding carboxylic acids is 1. The number of likely N-dealkylation sites (tertiary alicyclic amines) is 1. The lowest BCUT2D eigenvalue weighted by Gasteiger charge is -2.22. The Morgan fingerprint density at radius 1 is 1.32 bits per heavy atom. The van der Waals surface area contributed by atoms with Crippen LogP contribution in [-0.4, -0.2) is 24.0 Å². The number of halogens is 1. The molecule has 1 aromatic rings. The second-order valence-corrected chi connectivity index (χ2v) is 6.29. The Balaban J connectivity index is 1.55. The van der Waals surface area contributed by atoms with Crippen molar-refractivity contribution in [2.24, 2.45) is 11.8 Å². The standard InChI is InChI=1S/C17H20FN3O/c18-16-7-12(8-19)5-6-13(16)9-20-17(22)21-10-14-3-1-2-4-15(14)11-21/h5-7,14-15H,1-4,9-11H2,(H,20,22)/t14-,15-/m0/s1. The van der Waals surface area contributed by atoms with Gasteiger partial charge in [0.1, 0.15) is 5.82 Å². The monoisotopic (exact) mass is 301 g/mol. The Labute approximate surface area is 129 Å². The van der Waals surface area contributed by atoms with Crippen molar-refractivity contribution in [3.05, 3.63) is 35.1 Å². The van der Waals surface area contributed by atoms with Gasteiger partial charge in [0.15, 0.2) is 0 Å². The van der Waals surface area contributed by atoms with E-state index in [0.717, 1.165) is 13.1 Å². The van der Waals surface area contributed by atoms with Crippen molar-refractivity contribution in [2.45, 2.75) is 32.2 Å². The molecule has 0 spiro atoms. The Morgan fingerprint density at radius 2 is 2.00 bits per heavy atom. The van der Waals surface area contributed by atoms with E-state index in [2.05, 4.69) is 5.32 Å². The van der Waals surface area contributed by atoms with Gasteiger partial charge < -0.3 is 10.2 Å². The SMILES string of the molecule is N#Cc1ccc(CNC(=O)N2C[C@@H]3CCCC[C@H]3C2)c(F)c1. The maximum absolute atomic E-state index is 13.8. The second kappa shape index (κ2) is 6.35. The predicted octanol–water partition coefficient (Wildman–Crippen LogP) is 3.03. The van der Waals surface area contributed by atoms with E-state index < -0.39 is 5.82 Å². The van der Waals surface area contributed by atoms with Gasteiger partial charge in [0.05, 0.1) is 11.6 Å². The molecular weight excluding hydrogens is 281 g/mol. The third kappa shape index (κ3) is 3.06. The number of carbonyl (C=O) groups is 1. The quantitative estimate of drug-likeness (QED) is 0.913. The molecule has 1 N–H and O–H groups in total. The molecule has 1 saturated heterocycles. The lowest BCUT2D eigenvalue weighted by molar-refractivity contribution is 0.205. The molecule has 1 heterocycles. The number of nitriles is 1. The van der Waals surface area contributed by atoms with Crippen LogP contribution in [0.5, 0.6) is 0 Å². The number of urea groups is 1. The average Bonchev–Trinajstić information content (AvgIpc) is 2.97. The number of hydrogen-bond donors (Lipinski definition) is 1. The van der Waals surface area contributed by atoms with Crippen LogP contribution in [0, 0.1) is 29.0 Å². The summed E-state index contributed by atoms with van der Waals surface area (Å²) < 4.78 is 13.8. The average molecular weight is 301 g/mol. The number of benzene rings is 1. The summed E-state index contributed by atoms with van der Waals surface area (Å²) in [4.78, 5) is 14.1. The van der Waals surface area contributed by atoms with E-state index >= 15 is 0 Å². The molecular formula is C17H20FN3O. The number of hydrogen-bond acceptors (Lipinski definition) is 2. The van der Waals surface area contributed by atoms with Crippen LogP contribution in [-0.2, 0) is 6.54 Å². The van der Waals surface area contributed by atoms with Crippen LogP contribution in [0.15, 0.2) is 18.2 Å². The lowest BCUT2D eigenvalue weighted by atomic mass is 9.82. The van der Waals surface area contributed by atoms with Gasteiger partial charge in [0.25, 0.3) is 0 Å². The minimum atomic E-state index is -0.450. The first-order chi connectivity index (χ1) is 10.7. The molecule has 0 aromatic heterocycles. The summed E-state index contributed by atoms with van der Waals surface area (Å²) in [5, 5.41) is 11.5.